The molecule has 0 spiro atoms. The molecule has 2 aromatic rings. The molecule has 2 N–H and O–H groups in total. The summed E-state index contributed by atoms with van der Waals surface area (Å²) in [5.74, 6) is 1.12. The molecule has 0 aliphatic carbocycles. The van der Waals surface area contributed by atoms with Crippen molar-refractivity contribution in [3.63, 3.8) is 0 Å². The average molecular weight is 301 g/mol. The number of anilines is 1. The maximum Gasteiger partial charge on any atom is 0.349 e. The van der Waals surface area contributed by atoms with E-state index < -0.39 is 11.6 Å². The summed E-state index contributed by atoms with van der Waals surface area (Å²) in [4.78, 5) is 11.7. The van der Waals surface area contributed by atoms with E-state index >= 15 is 0 Å². The van der Waals surface area contributed by atoms with Crippen molar-refractivity contribution in [1.29, 1.82) is 0 Å². The Labute approximate surface area is 129 Å². The van der Waals surface area contributed by atoms with E-state index in [-0.39, 0.29) is 0 Å². The number of esters is 1. The summed E-state index contributed by atoms with van der Waals surface area (Å²) in [6, 6.07) is 14.1. The number of para-hydroxylation sites is 2. The summed E-state index contributed by atoms with van der Waals surface area (Å²) in [6.07, 6.45) is 0. The maximum absolute atomic E-state index is 11.7. The smallest absolute Gasteiger partial charge is 0.349 e. The molecule has 0 heterocycles. The van der Waals surface area contributed by atoms with E-state index in [0.717, 1.165) is 0 Å². The van der Waals surface area contributed by atoms with Crippen LogP contribution >= 0.6 is 0 Å². The topological polar surface area (TPSA) is 70.8 Å². The lowest BCUT2D eigenvalue weighted by Gasteiger charge is -2.24. The molecule has 116 valence electrons. The summed E-state index contributed by atoms with van der Waals surface area (Å²) in [7, 11) is 1.32. The highest BCUT2D eigenvalue weighted by atomic mass is 16.6. The van der Waals surface area contributed by atoms with Crippen molar-refractivity contribution in [3.8, 4) is 17.2 Å². The lowest BCUT2D eigenvalue weighted by molar-refractivity contribution is -0.156. The molecule has 5 nitrogen and oxygen atoms in total. The third kappa shape index (κ3) is 3.69. The number of benzene rings is 2. The molecule has 0 atom stereocenters. The first-order valence-electron chi connectivity index (χ1n) is 6.82. The predicted molar refractivity (Wildman–Crippen MR) is 84.1 cm³/mol. The van der Waals surface area contributed by atoms with E-state index in [9.17, 15) is 4.79 Å². The Morgan fingerprint density at radius 1 is 1.00 bits per heavy atom. The van der Waals surface area contributed by atoms with Crippen LogP contribution in [0.3, 0.4) is 0 Å². The SMILES string of the molecule is COC(=O)C(C)(C)Oc1ccccc1Oc1ccc(N)cc1. The van der Waals surface area contributed by atoms with Crippen LogP contribution in [0.25, 0.3) is 0 Å². The van der Waals surface area contributed by atoms with Crippen LogP contribution in [-0.4, -0.2) is 18.7 Å². The molecule has 0 radical (unpaired) electrons. The van der Waals surface area contributed by atoms with Crippen LogP contribution in [0.2, 0.25) is 0 Å². The van der Waals surface area contributed by atoms with Gasteiger partial charge in [-0.2, -0.15) is 0 Å². The Kier molecular flexibility index (Phi) is 4.56. The monoisotopic (exact) mass is 301 g/mol. The van der Waals surface area contributed by atoms with Crippen molar-refractivity contribution in [2.24, 2.45) is 0 Å². The molecule has 0 fully saturated rings. The van der Waals surface area contributed by atoms with Crippen LogP contribution in [0.1, 0.15) is 13.8 Å². The van der Waals surface area contributed by atoms with E-state index in [1.807, 2.05) is 6.07 Å². The fraction of sp³-hybridized carbons (Fsp3) is 0.235. The van der Waals surface area contributed by atoms with Crippen LogP contribution in [0, 0.1) is 0 Å². The number of ether oxygens (including phenoxy) is 3. The van der Waals surface area contributed by atoms with Gasteiger partial charge in [0.15, 0.2) is 17.1 Å². The Balaban J connectivity index is 2.23. The Morgan fingerprint density at radius 3 is 2.18 bits per heavy atom. The standard InChI is InChI=1S/C17H19NO4/c1-17(2,16(19)20-3)22-15-7-5-4-6-14(15)21-13-10-8-12(18)9-11-13/h4-11H,18H2,1-3H3. The van der Waals surface area contributed by atoms with Gasteiger partial charge in [0.25, 0.3) is 0 Å². The molecule has 2 aromatic carbocycles. The highest BCUT2D eigenvalue weighted by Gasteiger charge is 2.32. The number of carbonyl (C=O) groups is 1. The number of nitrogen functional groups attached to an aromatic ring is 1. The van der Waals surface area contributed by atoms with Crippen LogP contribution in [0.4, 0.5) is 5.69 Å². The Hall–Kier alpha value is -2.69. The van der Waals surface area contributed by atoms with E-state index in [1.54, 1.807) is 56.3 Å². The molecular weight excluding hydrogens is 282 g/mol. The molecule has 0 saturated carbocycles. The molecule has 0 saturated heterocycles. The normalized spacial score (nSPS) is 10.9. The molecule has 0 amide bonds. The van der Waals surface area contributed by atoms with Crippen molar-refractivity contribution in [2.75, 3.05) is 12.8 Å². The first-order valence-corrected chi connectivity index (χ1v) is 6.82. The van der Waals surface area contributed by atoms with Gasteiger partial charge in [0.1, 0.15) is 5.75 Å². The van der Waals surface area contributed by atoms with Crippen molar-refractivity contribution in [2.45, 2.75) is 19.4 Å². The van der Waals surface area contributed by atoms with E-state index in [0.29, 0.717) is 22.9 Å². The highest BCUT2D eigenvalue weighted by Crippen LogP contribution is 2.34. The quantitative estimate of drug-likeness (QED) is 0.677. The molecule has 2 rings (SSSR count). The van der Waals surface area contributed by atoms with Gasteiger partial charge in [0.2, 0.25) is 0 Å². The third-order valence-corrected chi connectivity index (χ3v) is 3.00. The van der Waals surface area contributed by atoms with Gasteiger partial charge in [0.05, 0.1) is 7.11 Å². The molecule has 0 bridgehead atoms. The molecule has 0 aliphatic rings. The second-order valence-corrected chi connectivity index (χ2v) is 5.22. The van der Waals surface area contributed by atoms with Crippen LogP contribution in [-0.2, 0) is 9.53 Å². The first-order chi connectivity index (χ1) is 10.4. The number of carbonyl (C=O) groups excluding carboxylic acids is 1. The number of methoxy groups -OCH3 is 1. The fourth-order valence-corrected chi connectivity index (χ4v) is 1.84. The zero-order valence-corrected chi connectivity index (χ0v) is 12.8. The van der Waals surface area contributed by atoms with Crippen LogP contribution in [0.5, 0.6) is 17.2 Å². The summed E-state index contributed by atoms with van der Waals surface area (Å²) in [5.41, 5.74) is 5.19. The summed E-state index contributed by atoms with van der Waals surface area (Å²) >= 11 is 0. The summed E-state index contributed by atoms with van der Waals surface area (Å²) < 4.78 is 16.3. The zero-order valence-electron chi connectivity index (χ0n) is 12.8. The second-order valence-electron chi connectivity index (χ2n) is 5.22. The number of hydrogen-bond donors (Lipinski definition) is 1. The average Bonchev–Trinajstić information content (AvgIpc) is 2.50. The van der Waals surface area contributed by atoms with Crippen molar-refractivity contribution in [3.05, 3.63) is 48.5 Å². The van der Waals surface area contributed by atoms with Crippen LogP contribution in [0.15, 0.2) is 48.5 Å². The van der Waals surface area contributed by atoms with Gasteiger partial charge in [-0.05, 0) is 50.2 Å². The lowest BCUT2D eigenvalue weighted by Crippen LogP contribution is -2.39. The fourth-order valence-electron chi connectivity index (χ4n) is 1.84. The number of rotatable bonds is 5. The third-order valence-electron chi connectivity index (χ3n) is 3.00. The minimum atomic E-state index is -1.12. The maximum atomic E-state index is 11.7. The van der Waals surface area contributed by atoms with Gasteiger partial charge < -0.3 is 19.9 Å². The largest absolute Gasteiger partial charge is 0.472 e. The summed E-state index contributed by atoms with van der Waals surface area (Å²) in [5, 5.41) is 0. The van der Waals surface area contributed by atoms with E-state index in [1.165, 1.54) is 7.11 Å². The Morgan fingerprint density at radius 2 is 1.59 bits per heavy atom. The number of nitrogens with two attached hydrogens (primary N) is 1. The highest BCUT2D eigenvalue weighted by molar-refractivity contribution is 5.79. The van der Waals surface area contributed by atoms with E-state index in [2.05, 4.69) is 0 Å². The van der Waals surface area contributed by atoms with Crippen LogP contribution < -0.4 is 15.2 Å². The summed E-state index contributed by atoms with van der Waals surface area (Å²) in [6.45, 7) is 3.28. The van der Waals surface area contributed by atoms with Crippen molar-refractivity contribution < 1.29 is 19.0 Å². The lowest BCUT2D eigenvalue weighted by atomic mass is 10.1. The minimum Gasteiger partial charge on any atom is -0.472 e. The van der Waals surface area contributed by atoms with Gasteiger partial charge in [-0.1, -0.05) is 12.1 Å². The zero-order chi connectivity index (χ0) is 16.2. The number of hydrogen-bond acceptors (Lipinski definition) is 5. The van der Waals surface area contributed by atoms with Crippen molar-refractivity contribution in [1.82, 2.24) is 0 Å². The predicted octanol–water partition coefficient (Wildman–Crippen LogP) is 3.39. The molecule has 0 aromatic heterocycles. The Bertz CT molecular complexity index is 650. The van der Waals surface area contributed by atoms with Gasteiger partial charge >= 0.3 is 5.97 Å². The minimum absolute atomic E-state index is 0.453. The first kappa shape index (κ1) is 15.7. The molecule has 0 unspecified atom stereocenters. The second kappa shape index (κ2) is 6.39. The van der Waals surface area contributed by atoms with Crippen molar-refractivity contribution >= 4 is 11.7 Å². The molecule has 22 heavy (non-hydrogen) atoms. The molecule has 0 aliphatic heterocycles. The molecular formula is C17H19NO4. The van der Waals surface area contributed by atoms with E-state index in [4.69, 9.17) is 19.9 Å². The molecule has 5 heteroatoms. The van der Waals surface area contributed by atoms with Gasteiger partial charge in [0, 0.05) is 5.69 Å². The van der Waals surface area contributed by atoms with Gasteiger partial charge in [-0.3, -0.25) is 0 Å². The van der Waals surface area contributed by atoms with Gasteiger partial charge in [-0.25, -0.2) is 4.79 Å². The van der Waals surface area contributed by atoms with Gasteiger partial charge in [-0.15, -0.1) is 0 Å².